The Kier molecular flexibility index (Phi) is 2.37. The molecule has 0 saturated heterocycles. The molecule has 0 spiro atoms. The Hall–Kier alpha value is -1.81. The summed E-state index contributed by atoms with van der Waals surface area (Å²) in [6.07, 6.45) is 2.99. The van der Waals surface area contributed by atoms with Crippen LogP contribution in [-0.2, 0) is 6.42 Å². The minimum absolute atomic E-state index is 0.713. The summed E-state index contributed by atoms with van der Waals surface area (Å²) in [4.78, 5) is 7.08. The van der Waals surface area contributed by atoms with Crippen molar-refractivity contribution < 1.29 is 0 Å². The fourth-order valence-electron chi connectivity index (χ4n) is 1.89. The number of nitrogen functional groups attached to an aromatic ring is 1. The van der Waals surface area contributed by atoms with Crippen LogP contribution in [0.5, 0.6) is 0 Å². The molecule has 3 nitrogen and oxygen atoms in total. The summed E-state index contributed by atoms with van der Waals surface area (Å²) in [6.45, 7) is 2.16. The van der Waals surface area contributed by atoms with E-state index in [2.05, 4.69) is 24.0 Å². The molecule has 0 amide bonds. The number of imidazole rings is 1. The van der Waals surface area contributed by atoms with Crippen LogP contribution in [-0.4, -0.2) is 9.38 Å². The van der Waals surface area contributed by atoms with Gasteiger partial charge >= 0.3 is 0 Å². The van der Waals surface area contributed by atoms with Gasteiger partial charge in [0.1, 0.15) is 17.2 Å². The van der Waals surface area contributed by atoms with E-state index < -0.39 is 0 Å². The first-order valence-corrected chi connectivity index (χ1v) is 6.43. The zero-order valence-electron chi connectivity index (χ0n) is 9.55. The van der Waals surface area contributed by atoms with Gasteiger partial charge in [-0.2, -0.15) is 0 Å². The molecular formula is C13H13N3S. The van der Waals surface area contributed by atoms with E-state index in [0.717, 1.165) is 22.6 Å². The number of pyridine rings is 1. The van der Waals surface area contributed by atoms with E-state index in [1.807, 2.05) is 28.8 Å². The topological polar surface area (TPSA) is 43.3 Å². The van der Waals surface area contributed by atoms with Crippen molar-refractivity contribution in [3.63, 3.8) is 0 Å². The van der Waals surface area contributed by atoms with E-state index in [1.165, 1.54) is 4.88 Å². The van der Waals surface area contributed by atoms with Crippen molar-refractivity contribution in [3.05, 3.63) is 41.4 Å². The van der Waals surface area contributed by atoms with E-state index in [9.17, 15) is 0 Å². The van der Waals surface area contributed by atoms with Gasteiger partial charge in [0.15, 0.2) is 0 Å². The molecule has 3 heterocycles. The highest BCUT2D eigenvalue weighted by Gasteiger charge is 2.12. The normalized spacial score (nSPS) is 11.1. The van der Waals surface area contributed by atoms with Crippen LogP contribution in [0.15, 0.2) is 36.5 Å². The molecule has 3 aromatic heterocycles. The maximum atomic E-state index is 6.13. The highest BCUT2D eigenvalue weighted by molar-refractivity contribution is 7.15. The van der Waals surface area contributed by atoms with Crippen LogP contribution in [0.1, 0.15) is 11.8 Å². The number of fused-ring (bicyclic) bond motifs is 1. The molecule has 2 N–H and O–H groups in total. The van der Waals surface area contributed by atoms with Gasteiger partial charge < -0.3 is 5.73 Å². The Morgan fingerprint density at radius 3 is 2.88 bits per heavy atom. The Balaban J connectivity index is 2.20. The summed E-state index contributed by atoms with van der Waals surface area (Å²) in [5.74, 6) is 0.713. The van der Waals surface area contributed by atoms with Crippen LogP contribution >= 0.6 is 11.3 Å². The van der Waals surface area contributed by atoms with Crippen molar-refractivity contribution in [1.82, 2.24) is 9.38 Å². The van der Waals surface area contributed by atoms with Gasteiger partial charge in [0.2, 0.25) is 0 Å². The summed E-state index contributed by atoms with van der Waals surface area (Å²) in [5.41, 5.74) is 7.91. The van der Waals surface area contributed by atoms with Gasteiger partial charge in [-0.15, -0.1) is 11.3 Å². The first-order valence-electron chi connectivity index (χ1n) is 5.61. The average molecular weight is 243 g/mol. The fraction of sp³-hybridized carbons (Fsp3) is 0.154. The average Bonchev–Trinajstić information content (AvgIpc) is 2.95. The Labute approximate surface area is 104 Å². The molecule has 0 atom stereocenters. The molecule has 0 aliphatic rings. The lowest BCUT2D eigenvalue weighted by molar-refractivity contribution is 1.19. The molecule has 0 unspecified atom stereocenters. The molecule has 0 saturated carbocycles. The molecule has 0 aliphatic carbocycles. The molecule has 0 aromatic carbocycles. The largest absolute Gasteiger partial charge is 0.383 e. The van der Waals surface area contributed by atoms with Crippen molar-refractivity contribution in [2.45, 2.75) is 13.3 Å². The van der Waals surface area contributed by atoms with Gasteiger partial charge in [-0.05, 0) is 30.7 Å². The number of aromatic nitrogens is 2. The van der Waals surface area contributed by atoms with E-state index in [1.54, 1.807) is 11.3 Å². The zero-order valence-corrected chi connectivity index (χ0v) is 10.4. The van der Waals surface area contributed by atoms with Crippen molar-refractivity contribution in [3.8, 4) is 10.6 Å². The van der Waals surface area contributed by atoms with Crippen molar-refractivity contribution in [2.24, 2.45) is 0 Å². The van der Waals surface area contributed by atoms with E-state index >= 15 is 0 Å². The Morgan fingerprint density at radius 2 is 2.18 bits per heavy atom. The third-order valence-electron chi connectivity index (χ3n) is 2.81. The molecule has 0 radical (unpaired) electrons. The summed E-state index contributed by atoms with van der Waals surface area (Å²) >= 11 is 1.76. The predicted molar refractivity (Wildman–Crippen MR) is 72.3 cm³/mol. The molecule has 17 heavy (non-hydrogen) atoms. The highest BCUT2D eigenvalue weighted by Crippen LogP contribution is 2.32. The number of thiophene rings is 1. The standard InChI is InChI=1S/C13H13N3S/c1-2-9-6-7-10(17-9)12-13(14)16-8-4-3-5-11(16)15-12/h3-8H,2,14H2,1H3. The van der Waals surface area contributed by atoms with E-state index in [4.69, 9.17) is 5.73 Å². The second kappa shape index (κ2) is 3.89. The fourth-order valence-corrected chi connectivity index (χ4v) is 2.84. The lowest BCUT2D eigenvalue weighted by Gasteiger charge is -1.95. The minimum atomic E-state index is 0.713. The van der Waals surface area contributed by atoms with E-state index in [-0.39, 0.29) is 0 Å². The third-order valence-corrected chi connectivity index (χ3v) is 4.05. The first kappa shape index (κ1) is 10.4. The SMILES string of the molecule is CCc1ccc(-c2nc3ccccn3c2N)s1. The van der Waals surface area contributed by atoms with Crippen molar-refractivity contribution >= 4 is 22.8 Å². The number of rotatable bonds is 2. The highest BCUT2D eigenvalue weighted by atomic mass is 32.1. The maximum Gasteiger partial charge on any atom is 0.139 e. The van der Waals surface area contributed by atoms with Gasteiger partial charge in [-0.1, -0.05) is 13.0 Å². The van der Waals surface area contributed by atoms with Crippen LogP contribution < -0.4 is 5.73 Å². The summed E-state index contributed by atoms with van der Waals surface area (Å²) < 4.78 is 1.92. The van der Waals surface area contributed by atoms with Crippen LogP contribution in [0.4, 0.5) is 5.82 Å². The third kappa shape index (κ3) is 1.61. The number of anilines is 1. The molecule has 0 aliphatic heterocycles. The second-order valence-electron chi connectivity index (χ2n) is 3.89. The smallest absolute Gasteiger partial charge is 0.139 e. The number of hydrogen-bond donors (Lipinski definition) is 1. The predicted octanol–water partition coefficient (Wildman–Crippen LogP) is 3.21. The Morgan fingerprint density at radius 1 is 1.29 bits per heavy atom. The zero-order chi connectivity index (χ0) is 11.8. The summed E-state index contributed by atoms with van der Waals surface area (Å²) in [7, 11) is 0. The van der Waals surface area contributed by atoms with Crippen LogP contribution in [0.25, 0.3) is 16.2 Å². The molecule has 4 heteroatoms. The first-order chi connectivity index (χ1) is 8.29. The quantitative estimate of drug-likeness (QED) is 0.751. The molecule has 3 rings (SSSR count). The lowest BCUT2D eigenvalue weighted by atomic mass is 10.3. The molecule has 0 bridgehead atoms. The van der Waals surface area contributed by atoms with Gasteiger partial charge in [0, 0.05) is 11.1 Å². The van der Waals surface area contributed by atoms with Gasteiger partial charge in [0.05, 0.1) is 4.88 Å². The maximum absolute atomic E-state index is 6.13. The van der Waals surface area contributed by atoms with Crippen LogP contribution in [0.3, 0.4) is 0 Å². The summed E-state index contributed by atoms with van der Waals surface area (Å²) in [6, 6.07) is 10.1. The molecule has 3 aromatic rings. The van der Waals surface area contributed by atoms with Crippen LogP contribution in [0.2, 0.25) is 0 Å². The number of hydrogen-bond acceptors (Lipinski definition) is 3. The number of nitrogens with zero attached hydrogens (tertiary/aromatic N) is 2. The monoisotopic (exact) mass is 243 g/mol. The van der Waals surface area contributed by atoms with Crippen molar-refractivity contribution in [2.75, 3.05) is 5.73 Å². The van der Waals surface area contributed by atoms with Crippen LogP contribution in [0, 0.1) is 0 Å². The van der Waals surface area contributed by atoms with E-state index in [0.29, 0.717) is 5.82 Å². The summed E-state index contributed by atoms with van der Waals surface area (Å²) in [5, 5.41) is 0. The number of nitrogens with two attached hydrogens (primary N) is 1. The number of aryl methyl sites for hydroxylation is 1. The molecular weight excluding hydrogens is 230 g/mol. The molecule has 0 fully saturated rings. The van der Waals surface area contributed by atoms with Crippen molar-refractivity contribution in [1.29, 1.82) is 0 Å². The Bertz CT molecular complexity index is 666. The van der Waals surface area contributed by atoms with Gasteiger partial charge in [0.25, 0.3) is 0 Å². The second-order valence-corrected chi connectivity index (χ2v) is 5.06. The lowest BCUT2D eigenvalue weighted by Crippen LogP contribution is -1.92. The minimum Gasteiger partial charge on any atom is -0.383 e. The van der Waals surface area contributed by atoms with Gasteiger partial charge in [-0.3, -0.25) is 4.40 Å². The molecule has 86 valence electrons. The van der Waals surface area contributed by atoms with Gasteiger partial charge in [-0.25, -0.2) is 4.98 Å².